The maximum Gasteiger partial charge on any atom is 0.343 e. The number of carbonyl (C=O) groups is 1. The van der Waals surface area contributed by atoms with E-state index in [-0.39, 0.29) is 11.4 Å². The van der Waals surface area contributed by atoms with E-state index in [9.17, 15) is 4.79 Å². The second-order valence-corrected chi connectivity index (χ2v) is 2.02. The van der Waals surface area contributed by atoms with E-state index in [0.717, 1.165) is 0 Å². The molecular weight excluding hydrogens is 148 g/mol. The maximum absolute atomic E-state index is 10.5. The lowest BCUT2D eigenvalue weighted by Gasteiger charge is -1.90. The molecule has 0 spiro atoms. The fourth-order valence-electron chi connectivity index (χ4n) is 0.809. The summed E-state index contributed by atoms with van der Waals surface area (Å²) in [6, 6.07) is 0. The molecule has 1 rings (SSSR count). The number of nitrogens with zero attached hydrogens (tertiary/aromatic N) is 1. The Morgan fingerprint density at radius 2 is 2.45 bits per heavy atom. The molecule has 0 saturated heterocycles. The molecular formula is C6H8N2O3. The Bertz CT molecular complexity index is 279. The van der Waals surface area contributed by atoms with E-state index in [2.05, 4.69) is 9.68 Å². The molecule has 1 heterocycles. The van der Waals surface area contributed by atoms with Crippen molar-refractivity contribution in [3.63, 3.8) is 0 Å². The lowest BCUT2D eigenvalue weighted by atomic mass is 10.2. The summed E-state index contributed by atoms with van der Waals surface area (Å²) in [7, 11) is 0. The molecule has 0 radical (unpaired) electrons. The topological polar surface area (TPSA) is 89.4 Å². The zero-order valence-corrected chi connectivity index (χ0v) is 6.00. The molecule has 60 valence electrons. The Labute approximate surface area is 62.8 Å². The third-order valence-electron chi connectivity index (χ3n) is 1.32. The number of aromatic carboxylic acids is 1. The standard InChI is InChI=1S/C6H8N2O3/c1-2-3-4(6(9)10)5(7)8-11-3/h2H2,1H3,(H2,7,8)(H,9,10). The summed E-state index contributed by atoms with van der Waals surface area (Å²) >= 11 is 0. The summed E-state index contributed by atoms with van der Waals surface area (Å²) in [6.07, 6.45) is 0.478. The molecule has 1 aromatic heterocycles. The highest BCUT2D eigenvalue weighted by atomic mass is 16.5. The highest BCUT2D eigenvalue weighted by molar-refractivity contribution is 5.93. The van der Waals surface area contributed by atoms with Gasteiger partial charge in [0.2, 0.25) is 0 Å². The van der Waals surface area contributed by atoms with Gasteiger partial charge in [-0.05, 0) is 0 Å². The smallest absolute Gasteiger partial charge is 0.343 e. The largest absolute Gasteiger partial charge is 0.477 e. The molecule has 0 aliphatic carbocycles. The van der Waals surface area contributed by atoms with Gasteiger partial charge in [-0.15, -0.1) is 0 Å². The van der Waals surface area contributed by atoms with Gasteiger partial charge in [0.15, 0.2) is 11.6 Å². The van der Waals surface area contributed by atoms with Crippen molar-refractivity contribution in [3.8, 4) is 0 Å². The number of carboxylic acids is 1. The van der Waals surface area contributed by atoms with Gasteiger partial charge < -0.3 is 15.4 Å². The van der Waals surface area contributed by atoms with Crippen LogP contribution in [0.15, 0.2) is 4.52 Å². The summed E-state index contributed by atoms with van der Waals surface area (Å²) in [5.74, 6) is -0.843. The Morgan fingerprint density at radius 3 is 2.82 bits per heavy atom. The zero-order valence-electron chi connectivity index (χ0n) is 6.00. The van der Waals surface area contributed by atoms with Crippen molar-refractivity contribution in [2.45, 2.75) is 13.3 Å². The van der Waals surface area contributed by atoms with E-state index < -0.39 is 5.97 Å². The van der Waals surface area contributed by atoms with Crippen molar-refractivity contribution in [1.29, 1.82) is 0 Å². The minimum Gasteiger partial charge on any atom is -0.477 e. The summed E-state index contributed by atoms with van der Waals surface area (Å²) < 4.78 is 4.65. The molecule has 0 atom stereocenters. The second kappa shape index (κ2) is 2.61. The first-order valence-electron chi connectivity index (χ1n) is 3.14. The molecule has 0 aromatic carbocycles. The summed E-state index contributed by atoms with van der Waals surface area (Å²) in [6.45, 7) is 1.77. The van der Waals surface area contributed by atoms with Crippen molar-refractivity contribution in [2.75, 3.05) is 5.73 Å². The van der Waals surface area contributed by atoms with Gasteiger partial charge in [-0.3, -0.25) is 0 Å². The number of nitrogens with two attached hydrogens (primary N) is 1. The summed E-state index contributed by atoms with van der Waals surface area (Å²) in [5.41, 5.74) is 5.21. The predicted molar refractivity (Wildman–Crippen MR) is 37.3 cm³/mol. The number of hydrogen-bond donors (Lipinski definition) is 2. The number of hydrogen-bond acceptors (Lipinski definition) is 4. The molecule has 0 aliphatic rings. The molecule has 0 aliphatic heterocycles. The Balaban J connectivity index is 3.17. The molecule has 0 unspecified atom stereocenters. The van der Waals surface area contributed by atoms with Crippen LogP contribution in [0, 0.1) is 0 Å². The molecule has 11 heavy (non-hydrogen) atoms. The van der Waals surface area contributed by atoms with Crippen LogP contribution < -0.4 is 5.73 Å². The van der Waals surface area contributed by atoms with E-state index in [4.69, 9.17) is 10.8 Å². The fraction of sp³-hybridized carbons (Fsp3) is 0.333. The third kappa shape index (κ3) is 1.17. The van der Waals surface area contributed by atoms with Crippen LogP contribution in [0.2, 0.25) is 0 Å². The van der Waals surface area contributed by atoms with Crippen LogP contribution in [0.3, 0.4) is 0 Å². The van der Waals surface area contributed by atoms with Crippen molar-refractivity contribution in [1.82, 2.24) is 5.16 Å². The van der Waals surface area contributed by atoms with Crippen LogP contribution in [0.5, 0.6) is 0 Å². The number of carboxylic acid groups (broad SMARTS) is 1. The van der Waals surface area contributed by atoms with Crippen LogP contribution in [-0.2, 0) is 6.42 Å². The molecule has 0 amide bonds. The quantitative estimate of drug-likeness (QED) is 0.651. The molecule has 0 bridgehead atoms. The van der Waals surface area contributed by atoms with Gasteiger partial charge in [0.25, 0.3) is 0 Å². The van der Waals surface area contributed by atoms with Crippen molar-refractivity contribution in [2.24, 2.45) is 0 Å². The number of anilines is 1. The maximum atomic E-state index is 10.5. The van der Waals surface area contributed by atoms with E-state index in [0.29, 0.717) is 12.2 Å². The molecule has 5 heteroatoms. The number of nitrogen functional groups attached to an aromatic ring is 1. The lowest BCUT2D eigenvalue weighted by Crippen LogP contribution is -2.02. The second-order valence-electron chi connectivity index (χ2n) is 2.02. The Kier molecular flexibility index (Phi) is 1.80. The molecule has 3 N–H and O–H groups in total. The van der Waals surface area contributed by atoms with Gasteiger partial charge in [-0.1, -0.05) is 12.1 Å². The first-order valence-corrected chi connectivity index (χ1v) is 3.14. The van der Waals surface area contributed by atoms with Gasteiger partial charge in [0.05, 0.1) is 0 Å². The Hall–Kier alpha value is -1.52. The van der Waals surface area contributed by atoms with Gasteiger partial charge in [0, 0.05) is 6.42 Å². The molecule has 1 aromatic rings. The van der Waals surface area contributed by atoms with Gasteiger partial charge in [-0.25, -0.2) is 4.79 Å². The van der Waals surface area contributed by atoms with Crippen LogP contribution in [0.4, 0.5) is 5.82 Å². The first-order chi connectivity index (χ1) is 5.16. The number of aryl methyl sites for hydroxylation is 1. The summed E-state index contributed by atoms with van der Waals surface area (Å²) in [5, 5.41) is 11.9. The monoisotopic (exact) mass is 156 g/mol. The van der Waals surface area contributed by atoms with E-state index in [1.165, 1.54) is 0 Å². The van der Waals surface area contributed by atoms with Crippen LogP contribution in [0.1, 0.15) is 23.0 Å². The molecule has 0 fully saturated rings. The minimum absolute atomic E-state index is 0.0208. The zero-order chi connectivity index (χ0) is 8.43. The average Bonchev–Trinajstić information content (AvgIpc) is 2.30. The number of rotatable bonds is 2. The van der Waals surface area contributed by atoms with Gasteiger partial charge in [-0.2, -0.15) is 0 Å². The highest BCUT2D eigenvalue weighted by Gasteiger charge is 2.18. The van der Waals surface area contributed by atoms with Crippen LogP contribution >= 0.6 is 0 Å². The van der Waals surface area contributed by atoms with Crippen molar-refractivity contribution < 1.29 is 14.4 Å². The van der Waals surface area contributed by atoms with Crippen molar-refractivity contribution >= 4 is 11.8 Å². The highest BCUT2D eigenvalue weighted by Crippen LogP contribution is 2.15. The minimum atomic E-state index is -1.10. The summed E-state index contributed by atoms with van der Waals surface area (Å²) in [4.78, 5) is 10.5. The first kappa shape index (κ1) is 7.59. The van der Waals surface area contributed by atoms with Crippen LogP contribution in [0.25, 0.3) is 0 Å². The fourth-order valence-corrected chi connectivity index (χ4v) is 0.809. The van der Waals surface area contributed by atoms with Crippen molar-refractivity contribution in [3.05, 3.63) is 11.3 Å². The Morgan fingerprint density at radius 1 is 1.82 bits per heavy atom. The lowest BCUT2D eigenvalue weighted by molar-refractivity contribution is 0.0695. The predicted octanol–water partition coefficient (Wildman–Crippen LogP) is 0.517. The normalized spacial score (nSPS) is 9.91. The van der Waals surface area contributed by atoms with E-state index in [1.807, 2.05) is 0 Å². The van der Waals surface area contributed by atoms with Gasteiger partial charge >= 0.3 is 5.97 Å². The molecule has 0 saturated carbocycles. The van der Waals surface area contributed by atoms with Gasteiger partial charge in [0.1, 0.15) is 5.56 Å². The average molecular weight is 156 g/mol. The number of aromatic nitrogens is 1. The van der Waals surface area contributed by atoms with E-state index in [1.54, 1.807) is 6.92 Å². The molecule has 5 nitrogen and oxygen atoms in total. The van der Waals surface area contributed by atoms with E-state index >= 15 is 0 Å². The third-order valence-corrected chi connectivity index (χ3v) is 1.32. The van der Waals surface area contributed by atoms with Crippen LogP contribution in [-0.4, -0.2) is 16.2 Å². The SMILES string of the molecule is CCc1onc(N)c1C(=O)O.